The predicted molar refractivity (Wildman–Crippen MR) is 120 cm³/mol. The monoisotopic (exact) mass is 408 g/mol. The van der Waals surface area contributed by atoms with Crippen LogP contribution in [0.1, 0.15) is 44.0 Å². The highest BCUT2D eigenvalue weighted by molar-refractivity contribution is 6.73. The Hall–Kier alpha value is -2.21. The number of hydrogen-bond acceptors (Lipinski definition) is 3. The van der Waals surface area contributed by atoms with E-state index in [1.165, 1.54) is 5.56 Å². The first-order valence-corrected chi connectivity index (χ1v) is 13.1. The van der Waals surface area contributed by atoms with Crippen LogP contribution in [0.15, 0.2) is 73.1 Å². The summed E-state index contributed by atoms with van der Waals surface area (Å²) in [5, 5.41) is 0. The van der Waals surface area contributed by atoms with Crippen molar-refractivity contribution in [1.29, 1.82) is 0 Å². The van der Waals surface area contributed by atoms with Crippen LogP contribution in [0.2, 0.25) is 18.1 Å². The van der Waals surface area contributed by atoms with Gasteiger partial charge in [-0.3, -0.25) is 0 Å². The van der Waals surface area contributed by atoms with Gasteiger partial charge >= 0.3 is 0 Å². The van der Waals surface area contributed by atoms with E-state index in [0.29, 0.717) is 6.61 Å². The number of hydrogen-bond donors (Lipinski definition) is 0. The highest BCUT2D eigenvalue weighted by Gasteiger charge is 2.34. The van der Waals surface area contributed by atoms with Crippen molar-refractivity contribution < 1.29 is 9.16 Å². The zero-order valence-electron chi connectivity index (χ0n) is 17.8. The normalized spacial score (nSPS) is 12.8. The van der Waals surface area contributed by atoms with E-state index < -0.39 is 14.6 Å². The summed E-state index contributed by atoms with van der Waals surface area (Å²) in [6, 6.07) is 23.9. The van der Waals surface area contributed by atoms with Crippen molar-refractivity contribution in [2.45, 2.75) is 58.3 Å². The van der Waals surface area contributed by atoms with Crippen molar-refractivity contribution in [2.24, 2.45) is 0 Å². The molecule has 0 amide bonds. The predicted octanol–water partition coefficient (Wildman–Crippen LogP) is 6.17. The lowest BCUT2D eigenvalue weighted by Gasteiger charge is -2.33. The van der Waals surface area contributed by atoms with Gasteiger partial charge in [0.05, 0.1) is 6.61 Å². The van der Waals surface area contributed by atoms with Crippen molar-refractivity contribution in [2.75, 3.05) is 0 Å². The molecule has 1 aromatic heterocycles. The van der Waals surface area contributed by atoms with Gasteiger partial charge in [-0.15, -0.1) is 0 Å². The molecule has 0 aliphatic heterocycles. The van der Waals surface area contributed by atoms with E-state index >= 15 is 0 Å². The Kier molecular flexibility index (Phi) is 7.81. The van der Waals surface area contributed by atoms with Gasteiger partial charge in [0.15, 0.2) is 14.1 Å². The van der Waals surface area contributed by atoms with Gasteiger partial charge in [-0.05, 0) is 29.3 Å². The van der Waals surface area contributed by atoms with Gasteiger partial charge in [0.25, 0.3) is 0 Å². The first-order valence-electron chi connectivity index (χ1n) is 10.6. The molecule has 0 saturated heterocycles. The van der Waals surface area contributed by atoms with Gasteiger partial charge in [-0.25, -0.2) is 4.98 Å². The summed E-state index contributed by atoms with van der Waals surface area (Å²) in [5.41, 5.74) is 2.37. The quantitative estimate of drug-likeness (QED) is 0.281. The first-order chi connectivity index (χ1) is 14.2. The molecule has 1 atom stereocenters. The number of aromatic nitrogens is 2. The fraction of sp³-hybridized carbons (Fsp3) is 0.375. The Morgan fingerprint density at radius 2 is 1.45 bits per heavy atom. The third kappa shape index (κ3) is 5.66. The van der Waals surface area contributed by atoms with Crippen LogP contribution in [0.3, 0.4) is 0 Å². The Morgan fingerprint density at radius 3 is 2.03 bits per heavy atom. The van der Waals surface area contributed by atoms with Gasteiger partial charge in [-0.1, -0.05) is 81.4 Å². The molecule has 2 aromatic carbocycles. The summed E-state index contributed by atoms with van der Waals surface area (Å²) in [5.74, 6) is 0.844. The fourth-order valence-electron chi connectivity index (χ4n) is 3.59. The van der Waals surface area contributed by atoms with Gasteiger partial charge in [0.2, 0.25) is 6.29 Å². The summed E-state index contributed by atoms with van der Waals surface area (Å²) >= 11 is 0. The van der Waals surface area contributed by atoms with Gasteiger partial charge in [0.1, 0.15) is 0 Å². The Morgan fingerprint density at radius 1 is 0.862 bits per heavy atom. The summed E-state index contributed by atoms with van der Waals surface area (Å²) in [6.45, 7) is 7.98. The standard InChI is InChI=1S/C24H32N2O2Si/c1-4-29(5-2,6-3)28-24(27-20-22-15-11-8-12-16-22)23-25-17-18-26(23)19-21-13-9-7-10-14-21/h7-18,24H,4-6,19-20H2,1-3H3. The van der Waals surface area contributed by atoms with Crippen LogP contribution < -0.4 is 0 Å². The molecule has 3 aromatic rings. The summed E-state index contributed by atoms with van der Waals surface area (Å²) in [6.07, 6.45) is 3.39. The first kappa shape index (κ1) is 21.5. The van der Waals surface area contributed by atoms with E-state index in [1.807, 2.05) is 36.7 Å². The second-order valence-electron chi connectivity index (χ2n) is 7.39. The maximum absolute atomic E-state index is 6.76. The average Bonchev–Trinajstić information content (AvgIpc) is 3.24. The molecule has 0 aliphatic rings. The molecular weight excluding hydrogens is 376 g/mol. The lowest BCUT2D eigenvalue weighted by atomic mass is 10.2. The van der Waals surface area contributed by atoms with E-state index in [0.717, 1.165) is 36.1 Å². The van der Waals surface area contributed by atoms with Gasteiger partial charge in [0, 0.05) is 18.9 Å². The maximum Gasteiger partial charge on any atom is 0.208 e. The number of imidazole rings is 1. The minimum atomic E-state index is -1.87. The molecule has 0 bridgehead atoms. The molecular formula is C24H32N2O2Si. The SMILES string of the molecule is CC[Si](CC)(CC)OC(OCc1ccccc1)c1nccn1Cc1ccccc1. The van der Waals surface area contributed by atoms with Crippen LogP contribution in [-0.2, 0) is 22.3 Å². The second-order valence-corrected chi connectivity index (χ2v) is 12.1. The molecule has 0 N–H and O–H groups in total. The molecule has 3 rings (SSSR count). The molecule has 1 unspecified atom stereocenters. The molecule has 29 heavy (non-hydrogen) atoms. The van der Waals surface area contributed by atoms with E-state index in [1.54, 1.807) is 0 Å². The number of rotatable bonds is 11. The smallest absolute Gasteiger partial charge is 0.208 e. The summed E-state index contributed by atoms with van der Waals surface area (Å²) < 4.78 is 15.2. The third-order valence-corrected chi connectivity index (χ3v) is 10.3. The van der Waals surface area contributed by atoms with E-state index in [2.05, 4.69) is 66.7 Å². The highest BCUT2D eigenvalue weighted by Crippen LogP contribution is 2.31. The minimum absolute atomic E-state index is 0.458. The van der Waals surface area contributed by atoms with Crippen molar-refractivity contribution in [3.63, 3.8) is 0 Å². The zero-order valence-corrected chi connectivity index (χ0v) is 18.8. The van der Waals surface area contributed by atoms with Gasteiger partial charge < -0.3 is 13.7 Å². The molecule has 0 radical (unpaired) electrons. The Balaban J connectivity index is 1.85. The highest BCUT2D eigenvalue weighted by atomic mass is 28.4. The van der Waals surface area contributed by atoms with Crippen LogP contribution in [0, 0.1) is 0 Å². The fourth-order valence-corrected chi connectivity index (χ4v) is 6.21. The van der Waals surface area contributed by atoms with E-state index in [9.17, 15) is 0 Å². The van der Waals surface area contributed by atoms with Crippen molar-refractivity contribution in [3.05, 3.63) is 90.0 Å². The molecule has 0 saturated carbocycles. The minimum Gasteiger partial charge on any atom is -0.387 e. The average molecular weight is 409 g/mol. The molecule has 0 spiro atoms. The van der Waals surface area contributed by atoms with Gasteiger partial charge in [-0.2, -0.15) is 0 Å². The van der Waals surface area contributed by atoms with Crippen molar-refractivity contribution >= 4 is 8.32 Å². The molecule has 0 fully saturated rings. The summed E-state index contributed by atoms with van der Waals surface area (Å²) in [7, 11) is -1.87. The van der Waals surface area contributed by atoms with Crippen molar-refractivity contribution in [1.82, 2.24) is 9.55 Å². The van der Waals surface area contributed by atoms with E-state index in [-0.39, 0.29) is 0 Å². The zero-order chi connectivity index (χ0) is 20.5. The van der Waals surface area contributed by atoms with Crippen molar-refractivity contribution in [3.8, 4) is 0 Å². The van der Waals surface area contributed by atoms with Crippen LogP contribution in [0.25, 0.3) is 0 Å². The maximum atomic E-state index is 6.76. The summed E-state index contributed by atoms with van der Waals surface area (Å²) in [4.78, 5) is 4.65. The Labute approximate surface area is 175 Å². The molecule has 1 heterocycles. The second kappa shape index (κ2) is 10.5. The molecule has 154 valence electrons. The molecule has 0 aliphatic carbocycles. The molecule has 4 nitrogen and oxygen atoms in total. The number of nitrogens with zero attached hydrogens (tertiary/aromatic N) is 2. The topological polar surface area (TPSA) is 36.3 Å². The molecule has 5 heteroatoms. The van der Waals surface area contributed by atoms with Crippen LogP contribution in [0.4, 0.5) is 0 Å². The third-order valence-electron chi connectivity index (χ3n) is 5.69. The van der Waals surface area contributed by atoms with Crippen LogP contribution in [-0.4, -0.2) is 17.9 Å². The van der Waals surface area contributed by atoms with Crippen LogP contribution >= 0.6 is 0 Å². The lowest BCUT2D eigenvalue weighted by Crippen LogP contribution is -2.38. The number of ether oxygens (including phenoxy) is 1. The lowest BCUT2D eigenvalue weighted by molar-refractivity contribution is -0.107. The van der Waals surface area contributed by atoms with E-state index in [4.69, 9.17) is 9.16 Å². The largest absolute Gasteiger partial charge is 0.387 e. The number of benzene rings is 2. The van der Waals surface area contributed by atoms with Crippen LogP contribution in [0.5, 0.6) is 0 Å². The Bertz CT molecular complexity index is 839.